The summed E-state index contributed by atoms with van der Waals surface area (Å²) in [6, 6.07) is 7.03. The topological polar surface area (TPSA) is 34.9 Å². The molecule has 18 heavy (non-hydrogen) atoms. The van der Waals surface area contributed by atoms with E-state index in [1.54, 1.807) is 18.2 Å². The maximum atomic E-state index is 12.7. The molecule has 0 amide bonds. The van der Waals surface area contributed by atoms with Gasteiger partial charge in [0.25, 0.3) is 6.43 Å². The molecule has 0 atom stereocenters. The minimum Gasteiger partial charge on any atom is -0.298 e. The summed E-state index contributed by atoms with van der Waals surface area (Å²) < 4.78 is 26.6. The maximum absolute atomic E-state index is 12.7. The molecule has 1 aromatic carbocycles. The van der Waals surface area contributed by atoms with Crippen LogP contribution < -0.4 is 0 Å². The smallest absolute Gasteiger partial charge is 0.282 e. The third kappa shape index (κ3) is 2.13. The molecule has 0 fully saturated rings. The fourth-order valence-corrected chi connectivity index (χ4v) is 1.90. The first-order chi connectivity index (χ1) is 8.54. The second kappa shape index (κ2) is 4.86. The minimum atomic E-state index is -2.84. The Morgan fingerprint density at radius 1 is 1.44 bits per heavy atom. The van der Waals surface area contributed by atoms with Gasteiger partial charge in [-0.25, -0.2) is 13.5 Å². The van der Waals surface area contributed by atoms with Crippen molar-refractivity contribution in [2.75, 3.05) is 0 Å². The van der Waals surface area contributed by atoms with Crippen molar-refractivity contribution in [3.63, 3.8) is 0 Å². The van der Waals surface area contributed by atoms with Gasteiger partial charge in [-0.2, -0.15) is 5.10 Å². The van der Waals surface area contributed by atoms with Gasteiger partial charge in [-0.15, -0.1) is 0 Å². The van der Waals surface area contributed by atoms with Crippen LogP contribution in [0.3, 0.4) is 0 Å². The predicted molar refractivity (Wildman–Crippen MR) is 63.7 cm³/mol. The minimum absolute atomic E-state index is 0.106. The first-order valence-corrected chi connectivity index (χ1v) is 5.51. The molecule has 2 rings (SSSR count). The average molecular weight is 271 g/mol. The molecule has 0 aliphatic rings. The number of benzene rings is 1. The Morgan fingerprint density at radius 2 is 2.17 bits per heavy atom. The van der Waals surface area contributed by atoms with Crippen LogP contribution in [0.5, 0.6) is 0 Å². The molecule has 0 unspecified atom stereocenters. The number of aromatic nitrogens is 2. The maximum Gasteiger partial charge on any atom is 0.282 e. The summed E-state index contributed by atoms with van der Waals surface area (Å²) in [5.41, 5.74) is 0.602. The van der Waals surface area contributed by atoms with Crippen molar-refractivity contribution < 1.29 is 13.6 Å². The van der Waals surface area contributed by atoms with Gasteiger partial charge in [-0.1, -0.05) is 23.7 Å². The molecular formula is C12H9ClF2N2O. The third-order valence-corrected chi connectivity index (χ3v) is 2.83. The van der Waals surface area contributed by atoms with Gasteiger partial charge in [-0.3, -0.25) is 4.79 Å². The van der Waals surface area contributed by atoms with Gasteiger partial charge >= 0.3 is 0 Å². The van der Waals surface area contributed by atoms with Gasteiger partial charge in [0.15, 0.2) is 6.29 Å². The fraction of sp³-hybridized carbons (Fsp3) is 0.167. The van der Waals surface area contributed by atoms with E-state index in [-0.39, 0.29) is 10.7 Å². The number of carbonyl (C=O) groups excluding carboxylic acids is 1. The molecule has 0 N–H and O–H groups in total. The lowest BCUT2D eigenvalue weighted by molar-refractivity contribution is 0.110. The summed E-state index contributed by atoms with van der Waals surface area (Å²) in [6.45, 7) is 1.86. The zero-order chi connectivity index (χ0) is 13.3. The highest BCUT2D eigenvalue weighted by molar-refractivity contribution is 6.32. The summed E-state index contributed by atoms with van der Waals surface area (Å²) in [5, 5.41) is 3.59. The molecular weight excluding hydrogens is 262 g/mol. The van der Waals surface area contributed by atoms with Crippen molar-refractivity contribution in [1.29, 1.82) is 0 Å². The third-order valence-electron chi connectivity index (χ3n) is 2.46. The van der Waals surface area contributed by atoms with Gasteiger partial charge in [0.05, 0.1) is 11.3 Å². The molecule has 0 aliphatic heterocycles. The van der Waals surface area contributed by atoms with Crippen LogP contribution in [0, 0.1) is 6.92 Å². The van der Waals surface area contributed by atoms with Crippen LogP contribution in [0.1, 0.15) is 28.0 Å². The Morgan fingerprint density at radius 3 is 2.67 bits per heavy atom. The predicted octanol–water partition coefficient (Wildman–Crippen LogP) is 3.58. The lowest BCUT2D eigenvalue weighted by atomic mass is 10.2. The molecule has 3 nitrogen and oxygen atoms in total. The van der Waals surface area contributed by atoms with E-state index in [1.165, 1.54) is 0 Å². The number of carbonyl (C=O) groups is 1. The molecule has 0 saturated heterocycles. The van der Waals surface area contributed by atoms with Gasteiger partial charge in [0.1, 0.15) is 10.8 Å². The van der Waals surface area contributed by atoms with Crippen molar-refractivity contribution in [2.45, 2.75) is 13.3 Å². The Balaban J connectivity index is 2.62. The number of alkyl halides is 2. The van der Waals surface area contributed by atoms with E-state index in [1.807, 2.05) is 13.0 Å². The first-order valence-electron chi connectivity index (χ1n) is 5.13. The van der Waals surface area contributed by atoms with Gasteiger partial charge < -0.3 is 0 Å². The fourth-order valence-electron chi connectivity index (χ4n) is 1.63. The van der Waals surface area contributed by atoms with Crippen LogP contribution in [0.4, 0.5) is 8.78 Å². The number of nitrogens with zero attached hydrogens (tertiary/aromatic N) is 2. The highest BCUT2D eigenvalue weighted by Crippen LogP contribution is 2.28. The second-order valence-electron chi connectivity index (χ2n) is 3.76. The van der Waals surface area contributed by atoms with Gasteiger partial charge in [-0.05, 0) is 24.6 Å². The van der Waals surface area contributed by atoms with E-state index in [9.17, 15) is 13.6 Å². The average Bonchev–Trinajstić information content (AvgIpc) is 2.66. The van der Waals surface area contributed by atoms with Crippen LogP contribution >= 0.6 is 11.6 Å². The highest BCUT2D eigenvalue weighted by Gasteiger charge is 2.23. The normalized spacial score (nSPS) is 10.9. The van der Waals surface area contributed by atoms with Crippen LogP contribution in [0.25, 0.3) is 5.69 Å². The van der Waals surface area contributed by atoms with Crippen molar-refractivity contribution in [3.05, 3.63) is 46.2 Å². The van der Waals surface area contributed by atoms with Gasteiger partial charge in [0, 0.05) is 0 Å². The first kappa shape index (κ1) is 12.7. The summed E-state index contributed by atoms with van der Waals surface area (Å²) in [4.78, 5) is 10.8. The van der Waals surface area contributed by atoms with Crippen LogP contribution in [-0.2, 0) is 0 Å². The molecule has 0 aliphatic carbocycles. The van der Waals surface area contributed by atoms with Crippen LogP contribution in [0.2, 0.25) is 5.15 Å². The summed E-state index contributed by atoms with van der Waals surface area (Å²) in [5.74, 6) is 0. The zero-order valence-corrected chi connectivity index (χ0v) is 10.2. The molecule has 0 bridgehead atoms. The number of hydrogen-bond donors (Lipinski definition) is 0. The largest absolute Gasteiger partial charge is 0.298 e. The molecule has 0 saturated carbocycles. The molecule has 0 spiro atoms. The molecule has 0 radical (unpaired) electrons. The van der Waals surface area contributed by atoms with Crippen LogP contribution in [-0.4, -0.2) is 16.1 Å². The summed E-state index contributed by atoms with van der Waals surface area (Å²) in [6.07, 6.45) is -2.54. The van der Waals surface area contributed by atoms with E-state index in [0.29, 0.717) is 12.0 Å². The van der Waals surface area contributed by atoms with E-state index in [0.717, 1.165) is 10.2 Å². The Bertz CT molecular complexity index is 596. The number of rotatable bonds is 3. The van der Waals surface area contributed by atoms with Gasteiger partial charge in [0.2, 0.25) is 0 Å². The SMILES string of the molecule is Cc1cccc(-n2nc(C(F)F)c(C=O)c2Cl)c1. The van der Waals surface area contributed by atoms with Crippen molar-refractivity contribution in [2.24, 2.45) is 0 Å². The molecule has 6 heteroatoms. The number of halogens is 3. The zero-order valence-electron chi connectivity index (χ0n) is 9.40. The highest BCUT2D eigenvalue weighted by atomic mass is 35.5. The van der Waals surface area contributed by atoms with E-state index >= 15 is 0 Å². The second-order valence-corrected chi connectivity index (χ2v) is 4.12. The lowest BCUT2D eigenvalue weighted by Gasteiger charge is -2.03. The molecule has 1 aromatic heterocycles. The molecule has 2 aromatic rings. The molecule has 1 heterocycles. The lowest BCUT2D eigenvalue weighted by Crippen LogP contribution is -1.98. The molecule has 94 valence electrons. The number of hydrogen-bond acceptors (Lipinski definition) is 2. The Labute approximate surface area is 107 Å². The standard InChI is InChI=1S/C12H9ClF2N2O/c1-7-3-2-4-8(5-7)17-11(13)9(6-18)10(16-17)12(14)15/h2-6,12H,1H3. The van der Waals surface area contributed by atoms with Crippen molar-refractivity contribution in [3.8, 4) is 5.69 Å². The van der Waals surface area contributed by atoms with E-state index in [4.69, 9.17) is 11.6 Å². The van der Waals surface area contributed by atoms with Crippen molar-refractivity contribution >= 4 is 17.9 Å². The van der Waals surface area contributed by atoms with Crippen LogP contribution in [0.15, 0.2) is 24.3 Å². The monoisotopic (exact) mass is 270 g/mol. The number of aryl methyl sites for hydroxylation is 1. The Hall–Kier alpha value is -1.75. The Kier molecular flexibility index (Phi) is 3.43. The van der Waals surface area contributed by atoms with E-state index < -0.39 is 12.1 Å². The summed E-state index contributed by atoms with van der Waals surface area (Å²) >= 11 is 5.90. The summed E-state index contributed by atoms with van der Waals surface area (Å²) in [7, 11) is 0. The quantitative estimate of drug-likeness (QED) is 0.799. The number of aldehydes is 1. The van der Waals surface area contributed by atoms with E-state index in [2.05, 4.69) is 5.10 Å². The van der Waals surface area contributed by atoms with Crippen molar-refractivity contribution in [1.82, 2.24) is 9.78 Å².